The predicted molar refractivity (Wildman–Crippen MR) is 91.9 cm³/mol. The van der Waals surface area contributed by atoms with Crippen LogP contribution in [0.5, 0.6) is 0 Å². The van der Waals surface area contributed by atoms with Crippen LogP contribution in [0.3, 0.4) is 0 Å². The number of aromatic nitrogens is 2. The molecule has 4 rings (SSSR count). The van der Waals surface area contributed by atoms with Crippen LogP contribution < -0.4 is 9.55 Å². The number of H-pyrrole nitrogens is 1. The van der Waals surface area contributed by atoms with E-state index in [9.17, 15) is 0 Å². The molecule has 3 heterocycles. The number of rotatable bonds is 2. The summed E-state index contributed by atoms with van der Waals surface area (Å²) in [6.07, 6.45) is 6.38. The molecule has 114 valence electrons. The summed E-state index contributed by atoms with van der Waals surface area (Å²) in [5.41, 5.74) is 9.47. The summed E-state index contributed by atoms with van der Waals surface area (Å²) in [6, 6.07) is 15.5. The van der Waals surface area contributed by atoms with E-state index in [2.05, 4.69) is 72.1 Å². The van der Waals surface area contributed by atoms with E-state index in [4.69, 9.17) is 0 Å². The van der Waals surface area contributed by atoms with Crippen molar-refractivity contribution in [3.63, 3.8) is 0 Å². The van der Waals surface area contributed by atoms with Crippen LogP contribution in [0.25, 0.3) is 22.5 Å². The molecule has 0 aliphatic carbocycles. The second-order valence-corrected chi connectivity index (χ2v) is 6.30. The fourth-order valence-corrected chi connectivity index (χ4v) is 3.66. The Balaban J connectivity index is 2.06. The Bertz CT molecular complexity index is 881. The number of aromatic amines is 1. The van der Waals surface area contributed by atoms with Crippen LogP contribution in [-0.2, 0) is 19.4 Å². The predicted octanol–water partition coefficient (Wildman–Crippen LogP) is 3.55. The fourth-order valence-electron chi connectivity index (χ4n) is 3.66. The van der Waals surface area contributed by atoms with Crippen LogP contribution in [0.15, 0.2) is 54.9 Å². The largest absolute Gasteiger partial charge is 0.213 e. The van der Waals surface area contributed by atoms with E-state index >= 15 is 0 Å². The van der Waals surface area contributed by atoms with Crippen molar-refractivity contribution in [3.05, 3.63) is 71.5 Å². The van der Waals surface area contributed by atoms with E-state index in [-0.39, 0.29) is 0 Å². The minimum Gasteiger partial charge on any atom is -0.211 e. The first kappa shape index (κ1) is 14.1. The molecular formula is C21H22N2+2. The Kier molecular flexibility index (Phi) is 3.45. The van der Waals surface area contributed by atoms with Gasteiger partial charge in [0.05, 0.1) is 11.1 Å². The molecule has 0 unspecified atom stereocenters. The van der Waals surface area contributed by atoms with Crippen molar-refractivity contribution < 1.29 is 9.55 Å². The van der Waals surface area contributed by atoms with Gasteiger partial charge in [0, 0.05) is 30.7 Å². The van der Waals surface area contributed by atoms with Gasteiger partial charge in [-0.3, -0.25) is 0 Å². The zero-order valence-electron chi connectivity index (χ0n) is 13.8. The zero-order valence-corrected chi connectivity index (χ0v) is 13.8. The highest BCUT2D eigenvalue weighted by atomic mass is 15.0. The van der Waals surface area contributed by atoms with E-state index in [0.29, 0.717) is 0 Å². The Morgan fingerprint density at radius 2 is 2.00 bits per heavy atom. The SMILES string of the molecule is CCc1ccc2c(c1-c1cc(C)cc[nH+]1)-c1cccc[n+]1CC2. The van der Waals surface area contributed by atoms with Crippen LogP contribution >= 0.6 is 0 Å². The number of pyridine rings is 2. The van der Waals surface area contributed by atoms with Crippen molar-refractivity contribution in [1.29, 1.82) is 0 Å². The lowest BCUT2D eigenvalue weighted by Gasteiger charge is -2.19. The highest BCUT2D eigenvalue weighted by molar-refractivity contribution is 5.83. The van der Waals surface area contributed by atoms with Gasteiger partial charge in [0.25, 0.3) is 0 Å². The first-order valence-electron chi connectivity index (χ1n) is 8.40. The van der Waals surface area contributed by atoms with Gasteiger partial charge in [0.15, 0.2) is 18.9 Å². The summed E-state index contributed by atoms with van der Waals surface area (Å²) < 4.78 is 2.38. The molecule has 1 aliphatic rings. The molecule has 23 heavy (non-hydrogen) atoms. The average Bonchev–Trinajstić information content (AvgIpc) is 2.60. The van der Waals surface area contributed by atoms with Crippen LogP contribution in [0.4, 0.5) is 0 Å². The molecule has 0 fully saturated rings. The Morgan fingerprint density at radius 3 is 2.83 bits per heavy atom. The minimum atomic E-state index is 1.04. The highest BCUT2D eigenvalue weighted by Crippen LogP contribution is 2.37. The number of nitrogens with one attached hydrogen (secondary N) is 1. The van der Waals surface area contributed by atoms with Crippen LogP contribution in [0.1, 0.15) is 23.6 Å². The van der Waals surface area contributed by atoms with Crippen LogP contribution in [0.2, 0.25) is 0 Å². The summed E-state index contributed by atoms with van der Waals surface area (Å²) >= 11 is 0. The topological polar surface area (TPSA) is 18.0 Å². The second kappa shape index (κ2) is 5.62. The molecule has 1 aromatic carbocycles. The van der Waals surface area contributed by atoms with Crippen molar-refractivity contribution in [2.24, 2.45) is 0 Å². The molecule has 2 heteroatoms. The van der Waals surface area contributed by atoms with Gasteiger partial charge in [0.2, 0.25) is 11.4 Å². The third-order valence-electron chi connectivity index (χ3n) is 4.80. The number of hydrogen-bond donors (Lipinski definition) is 0. The molecule has 0 saturated carbocycles. The van der Waals surface area contributed by atoms with E-state index in [1.807, 2.05) is 6.20 Å². The third-order valence-corrected chi connectivity index (χ3v) is 4.80. The van der Waals surface area contributed by atoms with E-state index in [1.54, 1.807) is 0 Å². The molecule has 0 radical (unpaired) electrons. The smallest absolute Gasteiger partial charge is 0.211 e. The molecule has 0 spiro atoms. The quantitative estimate of drug-likeness (QED) is 0.645. The number of hydrogen-bond acceptors (Lipinski definition) is 0. The maximum atomic E-state index is 3.47. The van der Waals surface area contributed by atoms with Gasteiger partial charge in [0.1, 0.15) is 0 Å². The van der Waals surface area contributed by atoms with Gasteiger partial charge in [-0.1, -0.05) is 19.1 Å². The molecule has 0 bridgehead atoms. The Morgan fingerprint density at radius 1 is 1.09 bits per heavy atom. The summed E-state index contributed by atoms with van der Waals surface area (Å²) in [5.74, 6) is 0. The van der Waals surface area contributed by atoms with Gasteiger partial charge < -0.3 is 0 Å². The fraction of sp³-hybridized carbons (Fsp3) is 0.238. The standard InChI is InChI=1S/C21H21N2/c1-3-16-7-8-17-10-13-23-12-5-4-6-19(23)21(17)20(16)18-14-15(2)9-11-22-18/h4-9,11-12,14H,3,10,13H2,1-2H3/q+1/p+1. The van der Waals surface area contributed by atoms with Crippen molar-refractivity contribution in [2.45, 2.75) is 33.2 Å². The van der Waals surface area contributed by atoms with Gasteiger partial charge in [-0.15, -0.1) is 0 Å². The lowest BCUT2D eigenvalue weighted by atomic mass is 9.87. The summed E-state index contributed by atoms with van der Waals surface area (Å²) in [6.45, 7) is 5.45. The van der Waals surface area contributed by atoms with E-state index < -0.39 is 0 Å². The third kappa shape index (κ3) is 2.35. The van der Waals surface area contributed by atoms with Crippen LogP contribution in [-0.4, -0.2) is 0 Å². The number of nitrogens with zero attached hydrogens (tertiary/aromatic N) is 1. The monoisotopic (exact) mass is 302 g/mol. The van der Waals surface area contributed by atoms with Gasteiger partial charge in [-0.25, -0.2) is 4.98 Å². The van der Waals surface area contributed by atoms with Gasteiger partial charge in [-0.2, -0.15) is 4.57 Å². The number of aryl methyl sites for hydroxylation is 4. The van der Waals surface area contributed by atoms with Crippen molar-refractivity contribution >= 4 is 0 Å². The van der Waals surface area contributed by atoms with Crippen molar-refractivity contribution in [3.8, 4) is 22.5 Å². The zero-order chi connectivity index (χ0) is 15.8. The van der Waals surface area contributed by atoms with Crippen molar-refractivity contribution in [2.75, 3.05) is 0 Å². The number of benzene rings is 1. The highest BCUT2D eigenvalue weighted by Gasteiger charge is 2.28. The first-order chi connectivity index (χ1) is 11.3. The molecule has 0 saturated heterocycles. The van der Waals surface area contributed by atoms with E-state index in [0.717, 1.165) is 19.4 Å². The molecule has 1 aliphatic heterocycles. The molecule has 2 aromatic heterocycles. The molecule has 0 amide bonds. The van der Waals surface area contributed by atoms with E-state index in [1.165, 1.54) is 39.2 Å². The average molecular weight is 302 g/mol. The second-order valence-electron chi connectivity index (χ2n) is 6.30. The lowest BCUT2D eigenvalue weighted by molar-refractivity contribution is -0.687. The Labute approximate surface area is 137 Å². The van der Waals surface area contributed by atoms with Crippen molar-refractivity contribution in [1.82, 2.24) is 0 Å². The first-order valence-corrected chi connectivity index (χ1v) is 8.40. The molecule has 2 nitrogen and oxygen atoms in total. The normalized spacial score (nSPS) is 12.6. The maximum Gasteiger partial charge on any atom is 0.213 e. The number of fused-ring (bicyclic) bond motifs is 3. The molecular weight excluding hydrogens is 280 g/mol. The molecule has 1 N–H and O–H groups in total. The maximum absolute atomic E-state index is 3.47. The summed E-state index contributed by atoms with van der Waals surface area (Å²) in [4.78, 5) is 3.47. The lowest BCUT2D eigenvalue weighted by Crippen LogP contribution is -2.40. The Hall–Kier alpha value is -2.48. The van der Waals surface area contributed by atoms with Gasteiger partial charge in [-0.05, 0) is 36.1 Å². The minimum absolute atomic E-state index is 1.04. The summed E-state index contributed by atoms with van der Waals surface area (Å²) in [7, 11) is 0. The summed E-state index contributed by atoms with van der Waals surface area (Å²) in [5, 5.41) is 0. The molecule has 0 atom stereocenters. The molecule has 3 aromatic rings. The van der Waals surface area contributed by atoms with Gasteiger partial charge >= 0.3 is 0 Å². The van der Waals surface area contributed by atoms with Crippen LogP contribution in [0, 0.1) is 6.92 Å².